The minimum absolute atomic E-state index is 0.0307. The lowest BCUT2D eigenvalue weighted by Crippen LogP contribution is -2.25. The van der Waals surface area contributed by atoms with Crippen molar-refractivity contribution in [2.24, 2.45) is 0 Å². The Kier molecular flexibility index (Phi) is 4.65. The number of aromatic nitrogens is 2. The van der Waals surface area contributed by atoms with Crippen LogP contribution in [-0.2, 0) is 11.3 Å². The molecule has 6 nitrogen and oxygen atoms in total. The summed E-state index contributed by atoms with van der Waals surface area (Å²) in [6, 6.07) is 15.4. The minimum atomic E-state index is -0.0947. The summed E-state index contributed by atoms with van der Waals surface area (Å²) < 4.78 is 1.80. The fourth-order valence-corrected chi connectivity index (χ4v) is 3.88. The summed E-state index contributed by atoms with van der Waals surface area (Å²) >= 11 is 0. The van der Waals surface area contributed by atoms with E-state index in [-0.39, 0.29) is 17.6 Å². The lowest BCUT2D eigenvalue weighted by Gasteiger charge is -2.25. The van der Waals surface area contributed by atoms with E-state index in [9.17, 15) is 9.90 Å². The number of aromatic hydroxyl groups is 1. The Morgan fingerprint density at radius 2 is 1.96 bits per heavy atom. The number of benzene rings is 2. The number of hydrogen-bond donors (Lipinski definition) is 2. The Balaban J connectivity index is 1.82. The Bertz CT molecular complexity index is 1020. The molecule has 0 bridgehead atoms. The molecule has 2 aromatic carbocycles. The number of nitrogens with zero attached hydrogens (tertiary/aromatic N) is 3. The summed E-state index contributed by atoms with van der Waals surface area (Å²) in [7, 11) is 3.93. The van der Waals surface area contributed by atoms with Crippen molar-refractivity contribution < 1.29 is 9.90 Å². The molecule has 1 aliphatic heterocycles. The van der Waals surface area contributed by atoms with Crippen LogP contribution in [-0.4, -0.2) is 39.8 Å². The van der Waals surface area contributed by atoms with Crippen LogP contribution in [0.15, 0.2) is 48.5 Å². The van der Waals surface area contributed by atoms with E-state index in [1.54, 1.807) is 10.7 Å². The molecular formula is C22H24N4O2. The molecule has 0 saturated heterocycles. The standard InChI is InChI=1S/C22H24N4O2/c1-14-21-18(15-9-10-19(27)16(11-15)13-25(2)3)12-20(28)23-22(21)26(24-14)17-7-5-4-6-8-17/h4-11,18,27H,12-13H2,1-3H3,(H,23,28). The third kappa shape index (κ3) is 3.27. The van der Waals surface area contributed by atoms with Gasteiger partial charge in [-0.1, -0.05) is 30.3 Å². The van der Waals surface area contributed by atoms with Gasteiger partial charge >= 0.3 is 0 Å². The van der Waals surface area contributed by atoms with Gasteiger partial charge in [-0.15, -0.1) is 0 Å². The molecule has 0 radical (unpaired) electrons. The van der Waals surface area contributed by atoms with E-state index in [4.69, 9.17) is 5.10 Å². The molecule has 0 spiro atoms. The molecule has 3 aromatic rings. The quantitative estimate of drug-likeness (QED) is 0.732. The maximum absolute atomic E-state index is 12.5. The van der Waals surface area contributed by atoms with Crippen molar-refractivity contribution in [1.82, 2.24) is 14.7 Å². The Morgan fingerprint density at radius 3 is 2.68 bits per heavy atom. The average Bonchev–Trinajstić information content (AvgIpc) is 3.00. The zero-order chi connectivity index (χ0) is 19.8. The molecule has 1 aromatic heterocycles. The van der Waals surface area contributed by atoms with Gasteiger partial charge in [0.2, 0.25) is 5.91 Å². The van der Waals surface area contributed by atoms with Gasteiger partial charge in [0.05, 0.1) is 11.4 Å². The number of aryl methyl sites for hydroxylation is 1. The van der Waals surface area contributed by atoms with Crippen molar-refractivity contribution in [3.8, 4) is 11.4 Å². The average molecular weight is 376 g/mol. The molecule has 28 heavy (non-hydrogen) atoms. The number of hydrogen-bond acceptors (Lipinski definition) is 4. The molecule has 2 heterocycles. The number of anilines is 1. The van der Waals surface area contributed by atoms with Gasteiger partial charge in [0, 0.05) is 30.0 Å². The lowest BCUT2D eigenvalue weighted by atomic mass is 9.85. The Hall–Kier alpha value is -3.12. The van der Waals surface area contributed by atoms with Crippen LogP contribution >= 0.6 is 0 Å². The first-order valence-corrected chi connectivity index (χ1v) is 9.35. The number of rotatable bonds is 4. The van der Waals surface area contributed by atoms with E-state index in [0.717, 1.165) is 33.9 Å². The molecule has 144 valence electrons. The lowest BCUT2D eigenvalue weighted by molar-refractivity contribution is -0.116. The van der Waals surface area contributed by atoms with Crippen molar-refractivity contribution >= 4 is 11.7 Å². The van der Waals surface area contributed by atoms with Crippen LogP contribution in [0.2, 0.25) is 0 Å². The highest BCUT2D eigenvalue weighted by molar-refractivity contribution is 5.95. The predicted octanol–water partition coefficient (Wildman–Crippen LogP) is 3.42. The fraction of sp³-hybridized carbons (Fsp3) is 0.273. The topological polar surface area (TPSA) is 70.4 Å². The number of para-hydroxylation sites is 1. The van der Waals surface area contributed by atoms with Gasteiger partial charge in [0.15, 0.2) is 0 Å². The normalized spacial score (nSPS) is 16.1. The van der Waals surface area contributed by atoms with E-state index in [0.29, 0.717) is 13.0 Å². The first kappa shape index (κ1) is 18.3. The van der Waals surface area contributed by atoms with Crippen LogP contribution in [0.25, 0.3) is 5.69 Å². The molecular weight excluding hydrogens is 352 g/mol. The van der Waals surface area contributed by atoms with Crippen molar-refractivity contribution in [3.05, 3.63) is 70.9 Å². The number of carbonyl (C=O) groups excluding carboxylic acids is 1. The highest BCUT2D eigenvalue weighted by atomic mass is 16.3. The zero-order valence-electron chi connectivity index (χ0n) is 16.3. The predicted molar refractivity (Wildman–Crippen MR) is 109 cm³/mol. The summed E-state index contributed by atoms with van der Waals surface area (Å²) in [4.78, 5) is 14.5. The molecule has 1 atom stereocenters. The highest BCUT2D eigenvalue weighted by Crippen LogP contribution is 2.41. The molecule has 6 heteroatoms. The summed E-state index contributed by atoms with van der Waals surface area (Å²) in [5, 5.41) is 17.9. The van der Waals surface area contributed by atoms with Gasteiger partial charge in [0.25, 0.3) is 0 Å². The van der Waals surface area contributed by atoms with Gasteiger partial charge in [-0.2, -0.15) is 5.10 Å². The third-order valence-electron chi connectivity index (χ3n) is 5.10. The zero-order valence-corrected chi connectivity index (χ0v) is 16.3. The maximum atomic E-state index is 12.5. The van der Waals surface area contributed by atoms with Crippen LogP contribution in [0.1, 0.15) is 34.7 Å². The molecule has 0 aliphatic carbocycles. The fourth-order valence-electron chi connectivity index (χ4n) is 3.88. The maximum Gasteiger partial charge on any atom is 0.226 e. The first-order chi connectivity index (χ1) is 13.4. The monoisotopic (exact) mass is 376 g/mol. The van der Waals surface area contributed by atoms with Crippen LogP contribution in [0, 0.1) is 6.92 Å². The number of fused-ring (bicyclic) bond motifs is 1. The third-order valence-corrected chi connectivity index (χ3v) is 5.10. The second-order valence-electron chi connectivity index (χ2n) is 7.53. The van der Waals surface area contributed by atoms with Crippen molar-refractivity contribution in [2.75, 3.05) is 19.4 Å². The molecule has 1 amide bonds. The SMILES string of the molecule is Cc1nn(-c2ccccc2)c2c1C(c1ccc(O)c(CN(C)C)c1)CC(=O)N2. The number of phenols is 1. The summed E-state index contributed by atoms with van der Waals surface area (Å²) in [6.07, 6.45) is 0.362. The van der Waals surface area contributed by atoms with E-state index >= 15 is 0 Å². The summed E-state index contributed by atoms with van der Waals surface area (Å²) in [5.74, 6) is 0.876. The number of amides is 1. The Labute approximate surface area is 164 Å². The van der Waals surface area contributed by atoms with Crippen LogP contribution in [0.5, 0.6) is 5.75 Å². The van der Waals surface area contributed by atoms with Gasteiger partial charge in [-0.3, -0.25) is 4.79 Å². The van der Waals surface area contributed by atoms with Crippen molar-refractivity contribution in [3.63, 3.8) is 0 Å². The molecule has 4 rings (SSSR count). The van der Waals surface area contributed by atoms with E-state index in [1.165, 1.54) is 0 Å². The highest BCUT2D eigenvalue weighted by Gasteiger charge is 2.32. The van der Waals surface area contributed by atoms with E-state index in [1.807, 2.05) is 68.4 Å². The van der Waals surface area contributed by atoms with Gasteiger partial charge in [-0.25, -0.2) is 4.68 Å². The first-order valence-electron chi connectivity index (χ1n) is 9.35. The largest absolute Gasteiger partial charge is 0.508 e. The number of phenolic OH excluding ortho intramolecular Hbond substituents is 1. The smallest absolute Gasteiger partial charge is 0.226 e. The Morgan fingerprint density at radius 1 is 1.21 bits per heavy atom. The van der Waals surface area contributed by atoms with E-state index < -0.39 is 0 Å². The molecule has 2 N–H and O–H groups in total. The van der Waals surface area contributed by atoms with E-state index in [2.05, 4.69) is 5.32 Å². The van der Waals surface area contributed by atoms with Crippen molar-refractivity contribution in [1.29, 1.82) is 0 Å². The van der Waals surface area contributed by atoms with Gasteiger partial charge in [-0.05, 0) is 44.8 Å². The molecule has 1 unspecified atom stereocenters. The molecule has 0 fully saturated rings. The molecule has 0 saturated carbocycles. The van der Waals surface area contributed by atoms with Crippen LogP contribution in [0.3, 0.4) is 0 Å². The summed E-state index contributed by atoms with van der Waals surface area (Å²) in [6.45, 7) is 2.61. The van der Waals surface area contributed by atoms with Gasteiger partial charge in [0.1, 0.15) is 11.6 Å². The van der Waals surface area contributed by atoms with Crippen LogP contribution in [0.4, 0.5) is 5.82 Å². The van der Waals surface area contributed by atoms with Gasteiger partial charge < -0.3 is 15.3 Å². The minimum Gasteiger partial charge on any atom is -0.508 e. The number of carbonyl (C=O) groups is 1. The molecule has 1 aliphatic rings. The summed E-state index contributed by atoms with van der Waals surface area (Å²) in [5.41, 5.74) is 4.70. The second kappa shape index (κ2) is 7.13. The van der Waals surface area contributed by atoms with Crippen LogP contribution < -0.4 is 5.32 Å². The number of nitrogens with one attached hydrogen (secondary N) is 1. The van der Waals surface area contributed by atoms with Crippen molar-refractivity contribution in [2.45, 2.75) is 25.8 Å². The second-order valence-corrected chi connectivity index (χ2v) is 7.53.